The van der Waals surface area contributed by atoms with E-state index >= 15 is 0 Å². The molecule has 1 aromatic heterocycles. The third-order valence-corrected chi connectivity index (χ3v) is 3.94. The minimum absolute atomic E-state index is 0.107. The Bertz CT molecular complexity index is 750. The molecule has 1 heterocycles. The van der Waals surface area contributed by atoms with E-state index in [-0.39, 0.29) is 5.75 Å². The second kappa shape index (κ2) is 10.9. The first-order valence-corrected chi connectivity index (χ1v) is 8.78. The van der Waals surface area contributed by atoms with Crippen molar-refractivity contribution in [2.75, 3.05) is 13.7 Å². The molecule has 0 fully saturated rings. The van der Waals surface area contributed by atoms with Crippen molar-refractivity contribution in [3.63, 3.8) is 0 Å². The van der Waals surface area contributed by atoms with Crippen molar-refractivity contribution in [1.82, 2.24) is 4.98 Å². The molecule has 0 saturated carbocycles. The SMILES string of the molecule is COC(=O)C(N)CCCC/N=C\c1c(O)cccc1OCc1cccnc1. The fraction of sp³-hybridized carbons (Fsp3) is 0.350. The Labute approximate surface area is 158 Å². The highest BCUT2D eigenvalue weighted by Gasteiger charge is 2.12. The first kappa shape index (κ1) is 20.4. The van der Waals surface area contributed by atoms with Gasteiger partial charge in [0.25, 0.3) is 0 Å². The summed E-state index contributed by atoms with van der Waals surface area (Å²) in [6.07, 6.45) is 7.13. The van der Waals surface area contributed by atoms with Gasteiger partial charge in [-0.15, -0.1) is 0 Å². The molecule has 0 aliphatic rings. The Morgan fingerprint density at radius 2 is 2.19 bits per heavy atom. The molecule has 2 aromatic rings. The number of benzene rings is 1. The summed E-state index contributed by atoms with van der Waals surface area (Å²) in [6.45, 7) is 0.911. The Hall–Kier alpha value is -2.93. The lowest BCUT2D eigenvalue weighted by Gasteiger charge is -2.10. The number of methoxy groups -OCH3 is 1. The summed E-state index contributed by atoms with van der Waals surface area (Å²) in [5.74, 6) is 0.258. The predicted octanol–water partition coefficient (Wildman–Crippen LogP) is 2.46. The van der Waals surface area contributed by atoms with Crippen LogP contribution in [0, 0.1) is 0 Å². The molecule has 1 atom stereocenters. The molecule has 27 heavy (non-hydrogen) atoms. The molecule has 7 nitrogen and oxygen atoms in total. The predicted molar refractivity (Wildman–Crippen MR) is 103 cm³/mol. The standard InChI is InChI=1S/C20H25N3O4/c1-26-20(25)17(21)7-2-3-10-23-13-16-18(24)8-4-9-19(16)27-14-15-6-5-11-22-12-15/h4-6,8-9,11-13,17,24H,2-3,7,10,14,21H2,1H3/b23-13-. The van der Waals surface area contributed by atoms with Gasteiger partial charge in [0.15, 0.2) is 0 Å². The number of ether oxygens (including phenoxy) is 2. The largest absolute Gasteiger partial charge is 0.507 e. The minimum Gasteiger partial charge on any atom is -0.507 e. The highest BCUT2D eigenvalue weighted by molar-refractivity contribution is 5.87. The van der Waals surface area contributed by atoms with E-state index in [2.05, 4.69) is 14.7 Å². The normalized spacial score (nSPS) is 12.1. The molecule has 0 bridgehead atoms. The molecule has 0 aliphatic heterocycles. The van der Waals surface area contributed by atoms with Crippen molar-refractivity contribution in [3.8, 4) is 11.5 Å². The quantitative estimate of drug-likeness (QED) is 0.377. The van der Waals surface area contributed by atoms with Gasteiger partial charge in [0.1, 0.15) is 24.1 Å². The first-order valence-electron chi connectivity index (χ1n) is 8.78. The van der Waals surface area contributed by atoms with Crippen molar-refractivity contribution in [2.45, 2.75) is 31.9 Å². The van der Waals surface area contributed by atoms with Gasteiger partial charge in [0.05, 0.1) is 12.7 Å². The molecule has 144 valence electrons. The molecule has 7 heteroatoms. The molecule has 3 N–H and O–H groups in total. The first-order chi connectivity index (χ1) is 13.1. The third kappa shape index (κ3) is 6.71. The maximum atomic E-state index is 11.2. The van der Waals surface area contributed by atoms with E-state index in [4.69, 9.17) is 10.5 Å². The van der Waals surface area contributed by atoms with Crippen LogP contribution < -0.4 is 10.5 Å². The van der Waals surface area contributed by atoms with Gasteiger partial charge in [-0.05, 0) is 37.5 Å². The molecule has 1 unspecified atom stereocenters. The summed E-state index contributed by atoms with van der Waals surface area (Å²) < 4.78 is 10.4. The molecule has 2 rings (SSSR count). The van der Waals surface area contributed by atoms with Gasteiger partial charge in [-0.1, -0.05) is 12.1 Å². The van der Waals surface area contributed by atoms with Crippen LogP contribution in [0.1, 0.15) is 30.4 Å². The van der Waals surface area contributed by atoms with E-state index in [1.165, 1.54) is 7.11 Å². The highest BCUT2D eigenvalue weighted by atomic mass is 16.5. The number of carbonyl (C=O) groups is 1. The number of aromatic hydroxyl groups is 1. The molecule has 0 radical (unpaired) electrons. The lowest BCUT2D eigenvalue weighted by Crippen LogP contribution is -2.31. The Kier molecular flexibility index (Phi) is 8.25. The summed E-state index contributed by atoms with van der Waals surface area (Å²) in [6, 6.07) is 8.27. The smallest absolute Gasteiger partial charge is 0.322 e. The maximum Gasteiger partial charge on any atom is 0.322 e. The van der Waals surface area contributed by atoms with E-state index in [0.29, 0.717) is 30.9 Å². The van der Waals surface area contributed by atoms with Gasteiger partial charge < -0.3 is 20.3 Å². The second-order valence-corrected chi connectivity index (χ2v) is 6.00. The van der Waals surface area contributed by atoms with Gasteiger partial charge in [0, 0.05) is 30.7 Å². The van der Waals surface area contributed by atoms with E-state index < -0.39 is 12.0 Å². The number of unbranched alkanes of at least 4 members (excludes halogenated alkanes) is 1. The molecule has 0 spiro atoms. The number of aliphatic imine (C=N–C) groups is 1. The number of carbonyl (C=O) groups excluding carboxylic acids is 1. The lowest BCUT2D eigenvalue weighted by atomic mass is 10.1. The van der Waals surface area contributed by atoms with E-state index in [1.807, 2.05) is 12.1 Å². The average Bonchev–Trinajstić information content (AvgIpc) is 2.70. The van der Waals surface area contributed by atoms with Crippen molar-refractivity contribution in [2.24, 2.45) is 10.7 Å². The fourth-order valence-electron chi connectivity index (χ4n) is 2.43. The molecular formula is C20H25N3O4. The van der Waals surface area contributed by atoms with Crippen molar-refractivity contribution in [1.29, 1.82) is 0 Å². The van der Waals surface area contributed by atoms with Crippen LogP contribution >= 0.6 is 0 Å². The number of phenolic OH excluding ortho intramolecular Hbond substituents is 1. The van der Waals surface area contributed by atoms with Crippen LogP contribution in [-0.4, -0.2) is 42.0 Å². The fourth-order valence-corrected chi connectivity index (χ4v) is 2.43. The van der Waals surface area contributed by atoms with Gasteiger partial charge in [-0.25, -0.2) is 0 Å². The van der Waals surface area contributed by atoms with Crippen molar-refractivity contribution in [3.05, 3.63) is 53.9 Å². The maximum absolute atomic E-state index is 11.2. The van der Waals surface area contributed by atoms with Crippen LogP contribution in [-0.2, 0) is 16.1 Å². The van der Waals surface area contributed by atoms with Crippen LogP contribution in [0.3, 0.4) is 0 Å². The summed E-state index contributed by atoms with van der Waals surface area (Å²) in [4.78, 5) is 19.6. The molecule has 0 aliphatic carbocycles. The molecule has 1 aromatic carbocycles. The topological polar surface area (TPSA) is 107 Å². The van der Waals surface area contributed by atoms with Crippen molar-refractivity contribution < 1.29 is 19.4 Å². The van der Waals surface area contributed by atoms with E-state index in [0.717, 1.165) is 18.4 Å². The van der Waals surface area contributed by atoms with Gasteiger partial charge in [0.2, 0.25) is 0 Å². The number of hydrogen-bond donors (Lipinski definition) is 2. The number of rotatable bonds is 10. The summed E-state index contributed by atoms with van der Waals surface area (Å²) >= 11 is 0. The highest BCUT2D eigenvalue weighted by Crippen LogP contribution is 2.26. The lowest BCUT2D eigenvalue weighted by molar-refractivity contribution is -0.142. The van der Waals surface area contributed by atoms with E-state index in [9.17, 15) is 9.90 Å². The zero-order valence-corrected chi connectivity index (χ0v) is 15.4. The van der Waals surface area contributed by atoms with Gasteiger partial charge in [-0.2, -0.15) is 0 Å². The Morgan fingerprint density at radius 1 is 1.33 bits per heavy atom. The minimum atomic E-state index is -0.593. The summed E-state index contributed by atoms with van der Waals surface area (Å²) in [5.41, 5.74) is 7.16. The van der Waals surface area contributed by atoms with Crippen molar-refractivity contribution >= 4 is 12.2 Å². The third-order valence-electron chi connectivity index (χ3n) is 3.94. The number of nitrogens with zero attached hydrogens (tertiary/aromatic N) is 2. The Morgan fingerprint density at radius 3 is 2.93 bits per heavy atom. The monoisotopic (exact) mass is 371 g/mol. The zero-order chi connectivity index (χ0) is 19.5. The number of pyridine rings is 1. The Balaban J connectivity index is 1.86. The molecule has 0 amide bonds. The molecular weight excluding hydrogens is 346 g/mol. The zero-order valence-electron chi connectivity index (χ0n) is 15.4. The summed E-state index contributed by atoms with van der Waals surface area (Å²) in [7, 11) is 1.33. The number of phenols is 1. The van der Waals surface area contributed by atoms with Crippen LogP contribution in [0.4, 0.5) is 0 Å². The van der Waals surface area contributed by atoms with Crippen LogP contribution in [0.25, 0.3) is 0 Å². The van der Waals surface area contributed by atoms with Gasteiger partial charge >= 0.3 is 5.97 Å². The van der Waals surface area contributed by atoms with E-state index in [1.54, 1.807) is 36.8 Å². The van der Waals surface area contributed by atoms with Gasteiger partial charge in [-0.3, -0.25) is 14.8 Å². The number of esters is 1. The number of hydrogen-bond acceptors (Lipinski definition) is 7. The number of nitrogens with two attached hydrogens (primary N) is 1. The second-order valence-electron chi connectivity index (χ2n) is 6.00. The van der Waals surface area contributed by atoms with Crippen LogP contribution in [0.15, 0.2) is 47.7 Å². The molecule has 0 saturated heterocycles. The van der Waals surface area contributed by atoms with Crippen LogP contribution in [0.2, 0.25) is 0 Å². The van der Waals surface area contributed by atoms with Crippen LogP contribution in [0.5, 0.6) is 11.5 Å². The average molecular weight is 371 g/mol. The summed E-state index contributed by atoms with van der Waals surface area (Å²) in [5, 5.41) is 10.1. The number of aromatic nitrogens is 1.